The summed E-state index contributed by atoms with van der Waals surface area (Å²) in [6, 6.07) is 1.86. The standard InChI is InChI=1S/C11H12BrNO3/c1-7-9(12)4-8(5-13-6-14)11(16-3)10(7)15-2/h4H,5H2,1-3H3. The second-order valence-electron chi connectivity index (χ2n) is 3.12. The van der Waals surface area contributed by atoms with E-state index in [1.54, 1.807) is 14.2 Å². The summed E-state index contributed by atoms with van der Waals surface area (Å²) in [6.07, 6.45) is 1.50. The van der Waals surface area contributed by atoms with Gasteiger partial charge in [-0.05, 0) is 13.0 Å². The summed E-state index contributed by atoms with van der Waals surface area (Å²) >= 11 is 3.42. The van der Waals surface area contributed by atoms with Crippen molar-refractivity contribution in [3.8, 4) is 11.5 Å². The fourth-order valence-corrected chi connectivity index (χ4v) is 1.91. The molecule has 0 bridgehead atoms. The molecule has 5 heteroatoms. The quantitative estimate of drug-likeness (QED) is 0.631. The Balaban J connectivity index is 3.36. The molecule has 0 unspecified atom stereocenters. The average Bonchev–Trinajstić information content (AvgIpc) is 2.29. The summed E-state index contributed by atoms with van der Waals surface area (Å²) in [5.41, 5.74) is 1.72. The number of nitrogens with zero attached hydrogens (tertiary/aromatic N) is 1. The Morgan fingerprint density at radius 3 is 2.50 bits per heavy atom. The molecule has 1 rings (SSSR count). The summed E-state index contributed by atoms with van der Waals surface area (Å²) in [5.74, 6) is 1.25. The molecule has 0 heterocycles. The van der Waals surface area contributed by atoms with Gasteiger partial charge in [-0.2, -0.15) is 0 Å². The monoisotopic (exact) mass is 285 g/mol. The molecule has 0 aliphatic carbocycles. The molecule has 0 aliphatic rings. The minimum absolute atomic E-state index is 0.224. The van der Waals surface area contributed by atoms with Gasteiger partial charge >= 0.3 is 0 Å². The van der Waals surface area contributed by atoms with Crippen molar-refractivity contribution in [1.82, 2.24) is 0 Å². The van der Waals surface area contributed by atoms with Crippen LogP contribution in [0.4, 0.5) is 0 Å². The number of benzene rings is 1. The van der Waals surface area contributed by atoms with E-state index in [2.05, 4.69) is 20.9 Å². The van der Waals surface area contributed by atoms with Crippen molar-refractivity contribution in [3.05, 3.63) is 21.7 Å². The minimum Gasteiger partial charge on any atom is -0.493 e. The number of hydrogen-bond acceptors (Lipinski definition) is 4. The number of isocyanates is 1. The van der Waals surface area contributed by atoms with Crippen LogP contribution in [0, 0.1) is 6.92 Å². The van der Waals surface area contributed by atoms with Gasteiger partial charge in [0.2, 0.25) is 6.08 Å². The Kier molecular flexibility index (Phi) is 4.52. The smallest absolute Gasteiger partial charge is 0.235 e. The van der Waals surface area contributed by atoms with E-state index in [4.69, 9.17) is 9.47 Å². The van der Waals surface area contributed by atoms with Gasteiger partial charge in [-0.15, -0.1) is 0 Å². The summed E-state index contributed by atoms with van der Waals surface area (Å²) in [5, 5.41) is 0. The van der Waals surface area contributed by atoms with Crippen LogP contribution in [-0.4, -0.2) is 20.3 Å². The van der Waals surface area contributed by atoms with Crippen LogP contribution in [0.5, 0.6) is 11.5 Å². The van der Waals surface area contributed by atoms with Crippen molar-refractivity contribution in [3.63, 3.8) is 0 Å². The summed E-state index contributed by atoms with van der Waals surface area (Å²) in [7, 11) is 3.13. The Morgan fingerprint density at radius 2 is 2.00 bits per heavy atom. The number of hydrogen-bond donors (Lipinski definition) is 0. The Labute approximate surface area is 102 Å². The molecule has 0 amide bonds. The topological polar surface area (TPSA) is 47.9 Å². The van der Waals surface area contributed by atoms with Crippen molar-refractivity contribution in [2.24, 2.45) is 4.99 Å². The van der Waals surface area contributed by atoms with Crippen LogP contribution >= 0.6 is 15.9 Å². The number of carbonyl (C=O) groups excluding carboxylic acids is 1. The molecular weight excluding hydrogens is 274 g/mol. The van der Waals surface area contributed by atoms with Gasteiger partial charge in [0.15, 0.2) is 11.5 Å². The third-order valence-corrected chi connectivity index (χ3v) is 3.04. The van der Waals surface area contributed by atoms with E-state index in [1.807, 2.05) is 13.0 Å². The zero-order chi connectivity index (χ0) is 12.1. The molecule has 0 saturated heterocycles. The number of methoxy groups -OCH3 is 2. The fraction of sp³-hybridized carbons (Fsp3) is 0.364. The summed E-state index contributed by atoms with van der Waals surface area (Å²) < 4.78 is 11.4. The van der Waals surface area contributed by atoms with Gasteiger partial charge in [-0.25, -0.2) is 9.79 Å². The molecule has 86 valence electrons. The molecule has 0 fully saturated rings. The van der Waals surface area contributed by atoms with Gasteiger partial charge < -0.3 is 9.47 Å². The predicted octanol–water partition coefficient (Wildman–Crippen LogP) is 2.61. The number of aliphatic imine (C=N–C) groups is 1. The Hall–Kier alpha value is -1.32. The highest BCUT2D eigenvalue weighted by Crippen LogP contribution is 2.39. The van der Waals surface area contributed by atoms with E-state index in [-0.39, 0.29) is 6.54 Å². The maximum Gasteiger partial charge on any atom is 0.235 e. The van der Waals surface area contributed by atoms with Crippen molar-refractivity contribution >= 4 is 22.0 Å². The van der Waals surface area contributed by atoms with Gasteiger partial charge in [0.25, 0.3) is 0 Å². The van der Waals surface area contributed by atoms with E-state index in [9.17, 15) is 4.79 Å². The minimum atomic E-state index is 0.224. The Morgan fingerprint density at radius 1 is 1.38 bits per heavy atom. The Bertz CT molecular complexity index is 439. The van der Waals surface area contributed by atoms with Crippen LogP contribution in [0.1, 0.15) is 11.1 Å². The third-order valence-electron chi connectivity index (χ3n) is 2.22. The van der Waals surface area contributed by atoms with Gasteiger partial charge in [0.1, 0.15) is 0 Å². The average molecular weight is 286 g/mol. The van der Waals surface area contributed by atoms with Crippen LogP contribution in [0.15, 0.2) is 15.5 Å². The molecule has 0 saturated carbocycles. The van der Waals surface area contributed by atoms with Crippen LogP contribution < -0.4 is 9.47 Å². The molecule has 0 atom stereocenters. The normalized spacial score (nSPS) is 9.50. The lowest BCUT2D eigenvalue weighted by Gasteiger charge is -2.15. The highest BCUT2D eigenvalue weighted by molar-refractivity contribution is 9.10. The van der Waals surface area contributed by atoms with E-state index in [1.165, 1.54) is 6.08 Å². The van der Waals surface area contributed by atoms with Crippen molar-refractivity contribution in [1.29, 1.82) is 0 Å². The lowest BCUT2D eigenvalue weighted by atomic mass is 10.1. The zero-order valence-corrected chi connectivity index (χ0v) is 10.9. The van der Waals surface area contributed by atoms with Gasteiger partial charge in [0.05, 0.1) is 20.8 Å². The molecule has 1 aromatic carbocycles. The SMILES string of the molecule is COc1c(CN=C=O)cc(Br)c(C)c1OC. The van der Waals surface area contributed by atoms with Crippen molar-refractivity contribution in [2.75, 3.05) is 14.2 Å². The predicted molar refractivity (Wildman–Crippen MR) is 63.8 cm³/mol. The van der Waals surface area contributed by atoms with E-state index >= 15 is 0 Å². The van der Waals surface area contributed by atoms with Crippen LogP contribution in [0.25, 0.3) is 0 Å². The largest absolute Gasteiger partial charge is 0.493 e. The van der Waals surface area contributed by atoms with Gasteiger partial charge in [-0.3, -0.25) is 0 Å². The van der Waals surface area contributed by atoms with Crippen molar-refractivity contribution in [2.45, 2.75) is 13.5 Å². The number of ether oxygens (including phenoxy) is 2. The van der Waals surface area contributed by atoms with Crippen LogP contribution in [0.3, 0.4) is 0 Å². The van der Waals surface area contributed by atoms with Crippen LogP contribution in [0.2, 0.25) is 0 Å². The van der Waals surface area contributed by atoms with E-state index in [0.29, 0.717) is 11.5 Å². The molecule has 0 aromatic heterocycles. The van der Waals surface area contributed by atoms with Crippen LogP contribution in [-0.2, 0) is 11.3 Å². The molecule has 0 N–H and O–H groups in total. The van der Waals surface area contributed by atoms with E-state index in [0.717, 1.165) is 15.6 Å². The molecule has 16 heavy (non-hydrogen) atoms. The first kappa shape index (κ1) is 12.7. The first-order valence-corrected chi connectivity index (χ1v) is 5.38. The summed E-state index contributed by atoms with van der Waals surface area (Å²) in [6.45, 7) is 2.14. The summed E-state index contributed by atoms with van der Waals surface area (Å²) in [4.78, 5) is 13.6. The molecular formula is C11H12BrNO3. The number of rotatable bonds is 4. The highest BCUT2D eigenvalue weighted by Gasteiger charge is 2.15. The number of halogens is 1. The third kappa shape index (κ3) is 2.43. The van der Waals surface area contributed by atoms with Gasteiger partial charge in [-0.1, -0.05) is 15.9 Å². The first-order valence-electron chi connectivity index (χ1n) is 4.59. The molecule has 0 spiro atoms. The second kappa shape index (κ2) is 5.68. The zero-order valence-electron chi connectivity index (χ0n) is 9.33. The maximum absolute atomic E-state index is 10.1. The molecule has 0 aliphatic heterocycles. The maximum atomic E-state index is 10.1. The van der Waals surface area contributed by atoms with Gasteiger partial charge in [0, 0.05) is 15.6 Å². The van der Waals surface area contributed by atoms with E-state index < -0.39 is 0 Å². The lowest BCUT2D eigenvalue weighted by Crippen LogP contribution is -1.98. The van der Waals surface area contributed by atoms with Crippen molar-refractivity contribution < 1.29 is 14.3 Å². The molecule has 1 aromatic rings. The molecule has 4 nitrogen and oxygen atoms in total. The highest BCUT2D eigenvalue weighted by atomic mass is 79.9. The first-order chi connectivity index (χ1) is 7.65. The second-order valence-corrected chi connectivity index (χ2v) is 3.97. The fourth-order valence-electron chi connectivity index (χ4n) is 1.46. The molecule has 0 radical (unpaired) electrons. The lowest BCUT2D eigenvalue weighted by molar-refractivity contribution is 0.349.